The number of hydrogen-bond acceptors (Lipinski definition) is 3. The van der Waals surface area contributed by atoms with Gasteiger partial charge in [0.15, 0.2) is 0 Å². The molecular weight excluding hydrogens is 168 g/mol. The molecule has 1 rings (SSSR count). The molecule has 3 heteroatoms. The van der Waals surface area contributed by atoms with Crippen LogP contribution in [0.1, 0.15) is 6.92 Å². The van der Waals surface area contributed by atoms with E-state index in [1.54, 1.807) is 19.1 Å². The summed E-state index contributed by atoms with van der Waals surface area (Å²) in [6.45, 7) is 5.20. The van der Waals surface area contributed by atoms with Gasteiger partial charge in [-0.25, -0.2) is 0 Å². The Morgan fingerprint density at radius 3 is 2.77 bits per heavy atom. The summed E-state index contributed by atoms with van der Waals surface area (Å²) in [6.07, 6.45) is -1.03. The van der Waals surface area contributed by atoms with E-state index in [1.807, 2.05) is 0 Å². The number of aliphatic hydroxyl groups excluding tert-OH is 1. The summed E-state index contributed by atoms with van der Waals surface area (Å²) >= 11 is 0. The lowest BCUT2D eigenvalue weighted by Crippen LogP contribution is -2.15. The lowest BCUT2D eigenvalue weighted by atomic mass is 10.3. The zero-order chi connectivity index (χ0) is 9.84. The molecule has 0 saturated carbocycles. The molecule has 0 aliphatic rings. The van der Waals surface area contributed by atoms with Crippen LogP contribution in [0.3, 0.4) is 0 Å². The highest BCUT2D eigenvalue weighted by atomic mass is 16.6. The average molecular weight is 180 g/mol. The average Bonchev–Trinajstić information content (AvgIpc) is 2.04. The van der Waals surface area contributed by atoms with Gasteiger partial charge in [-0.15, -0.1) is 0 Å². The van der Waals surface area contributed by atoms with Crippen molar-refractivity contribution >= 4 is 0 Å². The first-order valence-corrected chi connectivity index (χ1v) is 3.89. The number of hydrogen-bond donors (Lipinski definition) is 2. The summed E-state index contributed by atoms with van der Waals surface area (Å²) in [5.74, 6) is 0.516. The Balaban J connectivity index is 2.69. The molecule has 1 atom stereocenters. The van der Waals surface area contributed by atoms with Gasteiger partial charge in [0.2, 0.25) is 6.29 Å². The van der Waals surface area contributed by atoms with Gasteiger partial charge >= 0.3 is 0 Å². The minimum absolute atomic E-state index is 0.103. The SMILES string of the molecule is C=C(C)C(O)Oc1cccc(O)c1. The van der Waals surface area contributed by atoms with Crippen molar-refractivity contribution in [2.24, 2.45) is 0 Å². The smallest absolute Gasteiger partial charge is 0.219 e. The van der Waals surface area contributed by atoms with Crippen LogP contribution < -0.4 is 4.74 Å². The zero-order valence-corrected chi connectivity index (χ0v) is 7.40. The monoisotopic (exact) mass is 180 g/mol. The zero-order valence-electron chi connectivity index (χ0n) is 7.40. The number of phenolic OH excluding ortho intramolecular Hbond substituents is 1. The molecule has 0 heterocycles. The largest absolute Gasteiger partial charge is 0.508 e. The number of phenols is 1. The third-order valence-corrected chi connectivity index (χ3v) is 1.49. The normalized spacial score (nSPS) is 12.2. The second-order valence-electron chi connectivity index (χ2n) is 2.81. The van der Waals surface area contributed by atoms with Crippen molar-refractivity contribution < 1.29 is 14.9 Å². The second kappa shape index (κ2) is 3.96. The third kappa shape index (κ3) is 2.80. The standard InChI is InChI=1S/C10H12O3/c1-7(2)10(12)13-9-5-3-4-8(11)6-9/h3-6,10-12H,1H2,2H3. The van der Waals surface area contributed by atoms with Crippen molar-refractivity contribution in [3.63, 3.8) is 0 Å². The molecule has 1 aromatic rings. The van der Waals surface area contributed by atoms with Gasteiger partial charge in [-0.1, -0.05) is 12.6 Å². The van der Waals surface area contributed by atoms with Crippen LogP contribution in [0, 0.1) is 0 Å². The van der Waals surface area contributed by atoms with Crippen molar-refractivity contribution in [3.8, 4) is 11.5 Å². The molecule has 0 amide bonds. The Morgan fingerprint density at radius 1 is 1.54 bits per heavy atom. The minimum Gasteiger partial charge on any atom is -0.508 e. The van der Waals surface area contributed by atoms with Crippen molar-refractivity contribution in [2.45, 2.75) is 13.2 Å². The first-order chi connectivity index (χ1) is 6.09. The summed E-state index contributed by atoms with van der Waals surface area (Å²) in [5.41, 5.74) is 0.517. The molecule has 1 aromatic carbocycles. The molecule has 0 radical (unpaired) electrons. The van der Waals surface area contributed by atoms with E-state index in [2.05, 4.69) is 6.58 Å². The molecule has 3 nitrogen and oxygen atoms in total. The molecule has 0 aromatic heterocycles. The second-order valence-corrected chi connectivity index (χ2v) is 2.81. The van der Waals surface area contributed by atoms with Gasteiger partial charge in [0.05, 0.1) is 0 Å². The van der Waals surface area contributed by atoms with Gasteiger partial charge in [-0.2, -0.15) is 0 Å². The van der Waals surface area contributed by atoms with Crippen molar-refractivity contribution in [1.29, 1.82) is 0 Å². The highest BCUT2D eigenvalue weighted by molar-refractivity contribution is 5.32. The van der Waals surface area contributed by atoms with E-state index in [1.165, 1.54) is 12.1 Å². The van der Waals surface area contributed by atoms with Crippen molar-refractivity contribution in [3.05, 3.63) is 36.4 Å². The molecule has 1 unspecified atom stereocenters. The highest BCUT2D eigenvalue weighted by Crippen LogP contribution is 2.19. The Kier molecular flexibility index (Phi) is 2.93. The van der Waals surface area contributed by atoms with E-state index in [-0.39, 0.29) is 5.75 Å². The van der Waals surface area contributed by atoms with Crippen molar-refractivity contribution in [2.75, 3.05) is 0 Å². The number of aromatic hydroxyl groups is 1. The quantitative estimate of drug-likeness (QED) is 0.549. The van der Waals surface area contributed by atoms with Crippen LogP contribution in [-0.4, -0.2) is 16.5 Å². The van der Waals surface area contributed by atoms with Gasteiger partial charge in [0, 0.05) is 6.07 Å². The molecule has 0 bridgehead atoms. The predicted octanol–water partition coefficient (Wildman–Crippen LogP) is 1.67. The Bertz CT molecular complexity index is 307. The Morgan fingerprint density at radius 2 is 2.23 bits per heavy atom. The predicted molar refractivity (Wildman–Crippen MR) is 49.6 cm³/mol. The summed E-state index contributed by atoms with van der Waals surface area (Å²) < 4.78 is 5.05. The molecule has 0 fully saturated rings. The maximum Gasteiger partial charge on any atom is 0.219 e. The highest BCUT2D eigenvalue weighted by Gasteiger charge is 2.05. The van der Waals surface area contributed by atoms with E-state index in [9.17, 15) is 5.11 Å². The summed E-state index contributed by atoms with van der Waals surface area (Å²) in [6, 6.07) is 6.23. The number of ether oxygens (including phenoxy) is 1. The van der Waals surface area contributed by atoms with E-state index in [0.29, 0.717) is 11.3 Å². The van der Waals surface area contributed by atoms with Crippen LogP contribution in [0.15, 0.2) is 36.4 Å². The van der Waals surface area contributed by atoms with E-state index >= 15 is 0 Å². The Labute approximate surface area is 76.9 Å². The fraction of sp³-hybridized carbons (Fsp3) is 0.200. The minimum atomic E-state index is -1.03. The topological polar surface area (TPSA) is 49.7 Å². The van der Waals surface area contributed by atoms with Crippen molar-refractivity contribution in [1.82, 2.24) is 0 Å². The van der Waals surface area contributed by atoms with Crippen LogP contribution in [0.5, 0.6) is 11.5 Å². The van der Waals surface area contributed by atoms with E-state index < -0.39 is 6.29 Å². The fourth-order valence-electron chi connectivity index (χ4n) is 0.786. The molecule has 2 N–H and O–H groups in total. The van der Waals surface area contributed by atoms with Gasteiger partial charge in [-0.3, -0.25) is 0 Å². The lowest BCUT2D eigenvalue weighted by Gasteiger charge is -2.12. The van der Waals surface area contributed by atoms with Gasteiger partial charge in [-0.05, 0) is 24.6 Å². The lowest BCUT2D eigenvalue weighted by molar-refractivity contribution is 0.0150. The molecular formula is C10H12O3. The number of benzene rings is 1. The van der Waals surface area contributed by atoms with Crippen LogP contribution in [-0.2, 0) is 0 Å². The van der Waals surface area contributed by atoms with Gasteiger partial charge in [0.1, 0.15) is 11.5 Å². The fourth-order valence-corrected chi connectivity index (χ4v) is 0.786. The molecule has 0 saturated heterocycles. The van der Waals surface area contributed by atoms with Crippen LogP contribution in [0.4, 0.5) is 0 Å². The summed E-state index contributed by atoms with van der Waals surface area (Å²) in [5, 5.41) is 18.3. The molecule has 13 heavy (non-hydrogen) atoms. The third-order valence-electron chi connectivity index (χ3n) is 1.49. The van der Waals surface area contributed by atoms with E-state index in [0.717, 1.165) is 0 Å². The summed E-state index contributed by atoms with van der Waals surface area (Å²) in [4.78, 5) is 0. The first-order valence-electron chi connectivity index (χ1n) is 3.89. The maximum atomic E-state index is 9.27. The molecule has 0 aliphatic carbocycles. The molecule has 0 aliphatic heterocycles. The number of aliphatic hydroxyl groups is 1. The molecule has 70 valence electrons. The van der Waals surface area contributed by atoms with Crippen LogP contribution in [0.25, 0.3) is 0 Å². The molecule has 0 spiro atoms. The van der Waals surface area contributed by atoms with Gasteiger partial charge < -0.3 is 14.9 Å². The Hall–Kier alpha value is -1.48. The summed E-state index contributed by atoms with van der Waals surface area (Å²) in [7, 11) is 0. The number of rotatable bonds is 3. The van der Waals surface area contributed by atoms with E-state index in [4.69, 9.17) is 9.84 Å². The maximum absolute atomic E-state index is 9.27. The van der Waals surface area contributed by atoms with Gasteiger partial charge in [0.25, 0.3) is 0 Å². The van der Waals surface area contributed by atoms with Crippen LogP contribution in [0.2, 0.25) is 0 Å². The first kappa shape index (κ1) is 9.61. The van der Waals surface area contributed by atoms with Crippen LogP contribution >= 0.6 is 0 Å².